The number of methoxy groups -OCH3 is 1. The van der Waals surface area contributed by atoms with E-state index in [-0.39, 0.29) is 36.2 Å². The number of carbonyl (C=O) groups excluding carboxylic acids is 2. The molecule has 0 aromatic heterocycles. The van der Waals surface area contributed by atoms with E-state index in [1.165, 1.54) is 0 Å². The molecule has 150 valence electrons. The van der Waals surface area contributed by atoms with Gasteiger partial charge in [-0.3, -0.25) is 9.59 Å². The number of nitrogens with zero attached hydrogens (tertiary/aromatic N) is 1. The lowest BCUT2D eigenvalue weighted by atomic mass is 9.92. The van der Waals surface area contributed by atoms with E-state index >= 15 is 0 Å². The SMILES string of the molecule is CCCCN1C(=O)CC(C(=O)NC[C@@H](C)NCC)C1c1ccc(OC)cc1. The van der Waals surface area contributed by atoms with Gasteiger partial charge in [0.2, 0.25) is 11.8 Å². The number of hydrogen-bond acceptors (Lipinski definition) is 4. The highest BCUT2D eigenvalue weighted by Crippen LogP contribution is 2.39. The van der Waals surface area contributed by atoms with Gasteiger partial charge in [-0.2, -0.15) is 0 Å². The van der Waals surface area contributed by atoms with Crippen LogP contribution in [0.25, 0.3) is 0 Å². The van der Waals surface area contributed by atoms with Crippen LogP contribution in [0.5, 0.6) is 5.75 Å². The van der Waals surface area contributed by atoms with Gasteiger partial charge >= 0.3 is 0 Å². The second-order valence-electron chi connectivity index (χ2n) is 7.17. The molecule has 1 heterocycles. The number of amides is 2. The van der Waals surface area contributed by atoms with E-state index in [1.807, 2.05) is 43.0 Å². The maximum Gasteiger partial charge on any atom is 0.226 e. The maximum absolute atomic E-state index is 12.9. The average Bonchev–Trinajstić information content (AvgIpc) is 3.01. The maximum atomic E-state index is 12.9. The van der Waals surface area contributed by atoms with E-state index in [2.05, 4.69) is 17.6 Å². The molecule has 2 amide bonds. The Bertz CT molecular complexity index is 618. The fourth-order valence-corrected chi connectivity index (χ4v) is 3.64. The predicted molar refractivity (Wildman–Crippen MR) is 107 cm³/mol. The van der Waals surface area contributed by atoms with Gasteiger partial charge in [0.05, 0.1) is 19.1 Å². The van der Waals surface area contributed by atoms with Crippen molar-refractivity contribution in [3.63, 3.8) is 0 Å². The van der Waals surface area contributed by atoms with Crippen LogP contribution in [0.15, 0.2) is 24.3 Å². The summed E-state index contributed by atoms with van der Waals surface area (Å²) in [4.78, 5) is 27.4. The summed E-state index contributed by atoms with van der Waals surface area (Å²) in [6.07, 6.45) is 2.21. The normalized spacial score (nSPS) is 20.6. The second-order valence-corrected chi connectivity index (χ2v) is 7.17. The highest BCUT2D eigenvalue weighted by Gasteiger charge is 2.44. The van der Waals surface area contributed by atoms with Crippen molar-refractivity contribution in [1.29, 1.82) is 0 Å². The number of ether oxygens (including phenoxy) is 1. The summed E-state index contributed by atoms with van der Waals surface area (Å²) >= 11 is 0. The first kappa shape index (κ1) is 21.2. The van der Waals surface area contributed by atoms with Crippen LogP contribution in [0, 0.1) is 5.92 Å². The van der Waals surface area contributed by atoms with Crippen LogP contribution < -0.4 is 15.4 Å². The van der Waals surface area contributed by atoms with Crippen LogP contribution >= 0.6 is 0 Å². The summed E-state index contributed by atoms with van der Waals surface area (Å²) in [5.41, 5.74) is 0.984. The molecule has 27 heavy (non-hydrogen) atoms. The average molecular weight is 376 g/mol. The Balaban J connectivity index is 2.19. The first-order valence-corrected chi connectivity index (χ1v) is 9.96. The van der Waals surface area contributed by atoms with Crippen LogP contribution in [0.1, 0.15) is 51.6 Å². The third kappa shape index (κ3) is 5.45. The molecule has 0 radical (unpaired) electrons. The third-order valence-electron chi connectivity index (χ3n) is 5.11. The standard InChI is InChI=1S/C21H33N3O3/c1-5-7-12-24-19(25)13-18(21(26)23-14-15(3)22-6-2)20(24)16-8-10-17(27-4)11-9-16/h8-11,15,18,20,22H,5-7,12-14H2,1-4H3,(H,23,26)/t15-,18?,20?/m1/s1. The van der Waals surface area contributed by atoms with E-state index in [4.69, 9.17) is 4.74 Å². The lowest BCUT2D eigenvalue weighted by Crippen LogP contribution is -2.42. The Morgan fingerprint density at radius 3 is 2.59 bits per heavy atom. The molecular weight excluding hydrogens is 342 g/mol. The van der Waals surface area contributed by atoms with Crippen LogP contribution in [0.4, 0.5) is 0 Å². The van der Waals surface area contributed by atoms with Crippen LogP contribution in [0.3, 0.4) is 0 Å². The molecule has 2 rings (SSSR count). The summed E-state index contributed by atoms with van der Waals surface area (Å²) in [7, 11) is 1.63. The number of hydrogen-bond donors (Lipinski definition) is 2. The lowest BCUT2D eigenvalue weighted by molar-refractivity contribution is -0.129. The number of unbranched alkanes of at least 4 members (excludes halogenated alkanes) is 1. The molecule has 1 saturated heterocycles. The molecule has 2 N–H and O–H groups in total. The monoisotopic (exact) mass is 375 g/mol. The number of carbonyl (C=O) groups is 2. The zero-order valence-corrected chi connectivity index (χ0v) is 17.0. The van der Waals surface area contributed by atoms with Gasteiger partial charge in [0, 0.05) is 25.6 Å². The minimum absolute atomic E-state index is 0.0482. The van der Waals surface area contributed by atoms with Gasteiger partial charge in [-0.25, -0.2) is 0 Å². The van der Waals surface area contributed by atoms with Crippen LogP contribution in [0.2, 0.25) is 0 Å². The quantitative estimate of drug-likeness (QED) is 0.659. The lowest BCUT2D eigenvalue weighted by Gasteiger charge is -2.28. The van der Waals surface area contributed by atoms with Gasteiger partial charge in [-0.1, -0.05) is 32.4 Å². The topological polar surface area (TPSA) is 70.7 Å². The van der Waals surface area contributed by atoms with Crippen molar-refractivity contribution < 1.29 is 14.3 Å². The molecule has 1 aliphatic heterocycles. The van der Waals surface area contributed by atoms with E-state index < -0.39 is 0 Å². The summed E-state index contributed by atoms with van der Waals surface area (Å²) in [6.45, 7) is 8.29. The van der Waals surface area contributed by atoms with Gasteiger partial charge in [-0.05, 0) is 37.6 Å². The smallest absolute Gasteiger partial charge is 0.226 e. The van der Waals surface area contributed by atoms with Crippen molar-refractivity contribution in [2.45, 2.75) is 52.1 Å². The van der Waals surface area contributed by atoms with Crippen molar-refractivity contribution in [2.75, 3.05) is 26.7 Å². The van der Waals surface area contributed by atoms with E-state index in [9.17, 15) is 9.59 Å². The van der Waals surface area contributed by atoms with Crippen molar-refractivity contribution >= 4 is 11.8 Å². The molecule has 1 aliphatic rings. The summed E-state index contributed by atoms with van der Waals surface area (Å²) in [5.74, 6) is 0.414. The van der Waals surface area contributed by atoms with Gasteiger partial charge in [0.1, 0.15) is 5.75 Å². The number of rotatable bonds is 10. The molecule has 2 unspecified atom stereocenters. The van der Waals surface area contributed by atoms with Gasteiger partial charge in [0.15, 0.2) is 0 Å². The number of benzene rings is 1. The molecule has 1 aromatic rings. The number of likely N-dealkylation sites (N-methyl/N-ethyl adjacent to an activating group) is 1. The molecule has 3 atom stereocenters. The molecular formula is C21H33N3O3. The fraction of sp³-hybridized carbons (Fsp3) is 0.619. The Labute approximate surface area is 162 Å². The minimum atomic E-state index is -0.364. The summed E-state index contributed by atoms with van der Waals surface area (Å²) in [5, 5.41) is 6.31. The van der Waals surface area contributed by atoms with Crippen LogP contribution in [-0.2, 0) is 9.59 Å². The molecule has 6 heteroatoms. The molecule has 1 fully saturated rings. The highest BCUT2D eigenvalue weighted by molar-refractivity contribution is 5.90. The third-order valence-corrected chi connectivity index (χ3v) is 5.11. The number of likely N-dealkylation sites (tertiary alicyclic amines) is 1. The molecule has 0 aliphatic carbocycles. The Hall–Kier alpha value is -2.08. The molecule has 0 spiro atoms. The zero-order chi connectivity index (χ0) is 19.8. The first-order valence-electron chi connectivity index (χ1n) is 9.96. The van der Waals surface area contributed by atoms with Crippen molar-refractivity contribution in [3.05, 3.63) is 29.8 Å². The largest absolute Gasteiger partial charge is 0.497 e. The van der Waals surface area contributed by atoms with Crippen molar-refractivity contribution in [2.24, 2.45) is 5.92 Å². The van der Waals surface area contributed by atoms with Crippen molar-refractivity contribution in [1.82, 2.24) is 15.5 Å². The molecule has 0 saturated carbocycles. The highest BCUT2D eigenvalue weighted by atomic mass is 16.5. The zero-order valence-electron chi connectivity index (χ0n) is 17.0. The summed E-state index contributed by atoms with van der Waals surface area (Å²) < 4.78 is 5.24. The predicted octanol–water partition coefficient (Wildman–Crippen LogP) is 2.50. The first-order chi connectivity index (χ1) is 13.0. The Kier molecular flexibility index (Phi) is 8.10. The van der Waals surface area contributed by atoms with E-state index in [0.717, 1.165) is 30.7 Å². The molecule has 6 nitrogen and oxygen atoms in total. The molecule has 0 bridgehead atoms. The number of nitrogens with one attached hydrogen (secondary N) is 2. The molecule has 1 aromatic carbocycles. The fourth-order valence-electron chi connectivity index (χ4n) is 3.64. The van der Waals surface area contributed by atoms with Gasteiger partial charge in [0.25, 0.3) is 0 Å². The van der Waals surface area contributed by atoms with Gasteiger partial charge < -0.3 is 20.3 Å². The van der Waals surface area contributed by atoms with Crippen molar-refractivity contribution in [3.8, 4) is 5.75 Å². The van der Waals surface area contributed by atoms with E-state index in [1.54, 1.807) is 7.11 Å². The second kappa shape index (κ2) is 10.3. The van der Waals surface area contributed by atoms with E-state index in [0.29, 0.717) is 13.1 Å². The Morgan fingerprint density at radius 2 is 2.00 bits per heavy atom. The Morgan fingerprint density at radius 1 is 1.30 bits per heavy atom. The van der Waals surface area contributed by atoms with Crippen LogP contribution in [-0.4, -0.2) is 49.5 Å². The minimum Gasteiger partial charge on any atom is -0.497 e. The summed E-state index contributed by atoms with van der Waals surface area (Å²) in [6, 6.07) is 7.68. The van der Waals surface area contributed by atoms with Gasteiger partial charge in [-0.15, -0.1) is 0 Å².